The summed E-state index contributed by atoms with van der Waals surface area (Å²) in [4.78, 5) is 9.01. The molecule has 0 radical (unpaired) electrons. The van der Waals surface area contributed by atoms with Crippen LogP contribution in [0.3, 0.4) is 0 Å². The van der Waals surface area contributed by atoms with Crippen LogP contribution >= 0.6 is 0 Å². The van der Waals surface area contributed by atoms with Crippen LogP contribution in [0.4, 0.5) is 20.3 Å². The fourth-order valence-electron chi connectivity index (χ4n) is 2.80. The number of benzene rings is 1. The molecule has 3 heterocycles. The Morgan fingerprint density at radius 2 is 1.76 bits per heavy atom. The molecule has 6 heteroatoms. The van der Waals surface area contributed by atoms with Crippen molar-refractivity contribution in [2.75, 3.05) is 5.32 Å². The zero-order valence-corrected chi connectivity index (χ0v) is 13.4. The molecule has 25 heavy (non-hydrogen) atoms. The van der Waals surface area contributed by atoms with Crippen molar-refractivity contribution >= 4 is 17.2 Å². The molecule has 4 rings (SSSR count). The van der Waals surface area contributed by atoms with Gasteiger partial charge in [0, 0.05) is 11.9 Å². The maximum atomic E-state index is 13.6. The minimum Gasteiger partial charge on any atom is -0.340 e. The predicted molar refractivity (Wildman–Crippen MR) is 92.8 cm³/mol. The number of aromatic nitrogens is 3. The molecule has 124 valence electrons. The van der Waals surface area contributed by atoms with Crippen molar-refractivity contribution in [3.8, 4) is 11.4 Å². The highest BCUT2D eigenvalue weighted by Gasteiger charge is 2.13. The van der Waals surface area contributed by atoms with E-state index < -0.39 is 0 Å². The molecule has 0 saturated heterocycles. The molecule has 0 amide bonds. The van der Waals surface area contributed by atoms with Gasteiger partial charge >= 0.3 is 0 Å². The van der Waals surface area contributed by atoms with E-state index in [4.69, 9.17) is 0 Å². The van der Waals surface area contributed by atoms with Crippen molar-refractivity contribution < 1.29 is 8.78 Å². The van der Waals surface area contributed by atoms with Crippen LogP contribution in [-0.2, 0) is 0 Å². The Bertz CT molecular complexity index is 1070. The van der Waals surface area contributed by atoms with E-state index in [1.807, 2.05) is 19.1 Å². The van der Waals surface area contributed by atoms with E-state index in [0.717, 1.165) is 11.4 Å². The molecule has 4 nitrogen and oxygen atoms in total. The summed E-state index contributed by atoms with van der Waals surface area (Å²) in [5, 5.41) is 3.07. The highest BCUT2D eigenvalue weighted by Crippen LogP contribution is 2.25. The predicted octanol–water partition coefficient (Wildman–Crippen LogP) is 4.73. The summed E-state index contributed by atoms with van der Waals surface area (Å²) in [7, 11) is 0. The average Bonchev–Trinajstić information content (AvgIpc) is 2.90. The highest BCUT2D eigenvalue weighted by molar-refractivity contribution is 5.66. The third-order valence-electron chi connectivity index (χ3n) is 3.85. The maximum absolute atomic E-state index is 13.6. The topological polar surface area (TPSA) is 42.2 Å². The van der Waals surface area contributed by atoms with Crippen LogP contribution in [0.1, 0.15) is 5.69 Å². The zero-order chi connectivity index (χ0) is 17.4. The molecule has 0 aliphatic heterocycles. The van der Waals surface area contributed by atoms with Crippen molar-refractivity contribution in [3.63, 3.8) is 0 Å². The summed E-state index contributed by atoms with van der Waals surface area (Å²) < 4.78 is 28.6. The van der Waals surface area contributed by atoms with Crippen LogP contribution in [0.5, 0.6) is 0 Å². The van der Waals surface area contributed by atoms with Crippen LogP contribution in [0.15, 0.2) is 60.8 Å². The molecule has 4 aromatic rings. The molecule has 0 unspecified atom stereocenters. The van der Waals surface area contributed by atoms with Gasteiger partial charge in [0.05, 0.1) is 17.1 Å². The zero-order valence-electron chi connectivity index (χ0n) is 13.4. The molecule has 1 aromatic carbocycles. The lowest BCUT2D eigenvalue weighted by molar-refractivity contribution is 0.619. The Labute approximate surface area is 142 Å². The molecule has 1 N–H and O–H groups in total. The monoisotopic (exact) mass is 336 g/mol. The van der Waals surface area contributed by atoms with Gasteiger partial charge in [-0.3, -0.25) is 4.40 Å². The molecule has 0 atom stereocenters. The number of pyridine rings is 2. The van der Waals surface area contributed by atoms with Crippen molar-refractivity contribution in [2.45, 2.75) is 6.92 Å². The number of halogens is 2. The van der Waals surface area contributed by atoms with Gasteiger partial charge in [-0.25, -0.2) is 18.7 Å². The second kappa shape index (κ2) is 5.98. The van der Waals surface area contributed by atoms with Gasteiger partial charge in [0.25, 0.3) is 0 Å². The van der Waals surface area contributed by atoms with Crippen LogP contribution in [0.25, 0.3) is 17.0 Å². The van der Waals surface area contributed by atoms with E-state index in [0.29, 0.717) is 22.8 Å². The van der Waals surface area contributed by atoms with Gasteiger partial charge in [-0.1, -0.05) is 12.1 Å². The first-order chi connectivity index (χ1) is 12.1. The average molecular weight is 336 g/mol. The highest BCUT2D eigenvalue weighted by atomic mass is 19.1. The van der Waals surface area contributed by atoms with Gasteiger partial charge in [0.2, 0.25) is 0 Å². The van der Waals surface area contributed by atoms with Crippen molar-refractivity contribution in [1.82, 2.24) is 14.4 Å². The van der Waals surface area contributed by atoms with Gasteiger partial charge in [-0.05, 0) is 49.4 Å². The van der Waals surface area contributed by atoms with Gasteiger partial charge < -0.3 is 5.32 Å². The number of hydrogen-bond acceptors (Lipinski definition) is 3. The molecule has 0 aliphatic carbocycles. The summed E-state index contributed by atoms with van der Waals surface area (Å²) in [6.45, 7) is 1.86. The number of aryl methyl sites for hydroxylation is 1. The largest absolute Gasteiger partial charge is 0.340 e. The lowest BCUT2D eigenvalue weighted by atomic mass is 10.2. The fraction of sp³-hybridized carbons (Fsp3) is 0.0526. The van der Waals surface area contributed by atoms with E-state index in [2.05, 4.69) is 15.3 Å². The van der Waals surface area contributed by atoms with E-state index in [1.165, 1.54) is 24.4 Å². The Morgan fingerprint density at radius 3 is 2.60 bits per heavy atom. The Hall–Kier alpha value is -3.28. The van der Waals surface area contributed by atoms with Crippen molar-refractivity contribution in [2.24, 2.45) is 0 Å². The second-order valence-electron chi connectivity index (χ2n) is 5.66. The quantitative estimate of drug-likeness (QED) is 0.588. The van der Waals surface area contributed by atoms with E-state index in [-0.39, 0.29) is 11.6 Å². The van der Waals surface area contributed by atoms with Gasteiger partial charge in [-0.2, -0.15) is 0 Å². The van der Waals surface area contributed by atoms with E-state index in [9.17, 15) is 8.78 Å². The molecule has 0 fully saturated rings. The molecule has 3 aromatic heterocycles. The standard InChI is InChI=1S/C19H14F2N4/c1-12-19(25-11-14(21)8-9-18(25)22-12)16-6-3-7-17(24-16)23-15-5-2-4-13(20)10-15/h2-11H,1H3,(H,23,24). The molecular formula is C19H14F2N4. The van der Waals surface area contributed by atoms with Crippen LogP contribution in [0, 0.1) is 18.6 Å². The van der Waals surface area contributed by atoms with Crippen molar-refractivity contribution in [3.05, 3.63) is 78.1 Å². The summed E-state index contributed by atoms with van der Waals surface area (Å²) in [6, 6.07) is 14.6. The normalized spacial score (nSPS) is 11.0. The second-order valence-corrected chi connectivity index (χ2v) is 5.66. The Morgan fingerprint density at radius 1 is 0.920 bits per heavy atom. The summed E-state index contributed by atoms with van der Waals surface area (Å²) in [5.41, 5.74) is 3.38. The van der Waals surface area contributed by atoms with Crippen LogP contribution in [0.2, 0.25) is 0 Å². The van der Waals surface area contributed by atoms with Crippen molar-refractivity contribution in [1.29, 1.82) is 0 Å². The van der Waals surface area contributed by atoms with E-state index in [1.54, 1.807) is 28.7 Å². The number of rotatable bonds is 3. The number of anilines is 2. The fourth-order valence-corrected chi connectivity index (χ4v) is 2.80. The third kappa shape index (κ3) is 2.94. The molecular weight excluding hydrogens is 322 g/mol. The summed E-state index contributed by atoms with van der Waals surface area (Å²) in [6.07, 6.45) is 1.39. The molecule has 0 spiro atoms. The number of fused-ring (bicyclic) bond motifs is 1. The first-order valence-electron chi connectivity index (χ1n) is 7.74. The minimum atomic E-state index is -0.347. The van der Waals surface area contributed by atoms with E-state index >= 15 is 0 Å². The first-order valence-corrected chi connectivity index (χ1v) is 7.74. The Kier molecular flexibility index (Phi) is 3.65. The number of imidazole rings is 1. The van der Waals surface area contributed by atoms with Crippen LogP contribution in [-0.4, -0.2) is 14.4 Å². The molecule has 0 bridgehead atoms. The number of nitrogens with one attached hydrogen (secondary N) is 1. The minimum absolute atomic E-state index is 0.325. The van der Waals surface area contributed by atoms with Crippen LogP contribution < -0.4 is 5.32 Å². The lowest BCUT2D eigenvalue weighted by Crippen LogP contribution is -1.97. The van der Waals surface area contributed by atoms with Gasteiger partial charge in [-0.15, -0.1) is 0 Å². The maximum Gasteiger partial charge on any atom is 0.139 e. The molecule has 0 saturated carbocycles. The van der Waals surface area contributed by atoms with Gasteiger partial charge in [0.1, 0.15) is 23.1 Å². The first kappa shape index (κ1) is 15.3. The lowest BCUT2D eigenvalue weighted by Gasteiger charge is -2.08. The molecule has 0 aliphatic rings. The van der Waals surface area contributed by atoms with Gasteiger partial charge in [0.15, 0.2) is 0 Å². The summed E-state index contributed by atoms with van der Waals surface area (Å²) in [5.74, 6) is -0.108. The summed E-state index contributed by atoms with van der Waals surface area (Å²) >= 11 is 0. The number of nitrogens with zero attached hydrogens (tertiary/aromatic N) is 3. The SMILES string of the molecule is Cc1nc2ccc(F)cn2c1-c1cccc(Nc2cccc(F)c2)n1. The number of hydrogen-bond donors (Lipinski definition) is 1. The third-order valence-corrected chi connectivity index (χ3v) is 3.85. The Balaban J connectivity index is 1.77. The smallest absolute Gasteiger partial charge is 0.139 e.